The largest absolute Gasteiger partial charge is 0.805 e. The highest BCUT2D eigenvalue weighted by atomic mass is 31.1. The number of carbonyl (C=O) groups excluding carboxylic acids is 2. The summed E-state index contributed by atoms with van der Waals surface area (Å²) in [6, 6.07) is 7.70. The summed E-state index contributed by atoms with van der Waals surface area (Å²) in [5, 5.41) is 0. The van der Waals surface area contributed by atoms with Gasteiger partial charge in [-0.25, -0.2) is 9.05 Å². The van der Waals surface area contributed by atoms with Gasteiger partial charge in [0.25, 0.3) is 0 Å². The average Bonchev–Trinajstić information content (AvgIpc) is 2.82. The Morgan fingerprint density at radius 1 is 0.548 bits per heavy atom. The lowest BCUT2D eigenvalue weighted by Gasteiger charge is -2.29. The smallest absolute Gasteiger partial charge is 0.469 e. The summed E-state index contributed by atoms with van der Waals surface area (Å²) in [5.41, 5.74) is 3.32. The molecule has 0 atom stereocenters. The van der Waals surface area contributed by atoms with Crippen molar-refractivity contribution in [2.45, 2.75) is 118 Å². The first-order valence-electron chi connectivity index (χ1n) is 14.3. The van der Waals surface area contributed by atoms with E-state index < -0.39 is 8.25 Å². The van der Waals surface area contributed by atoms with Crippen molar-refractivity contribution in [1.29, 1.82) is 0 Å². The summed E-state index contributed by atoms with van der Waals surface area (Å²) in [5.74, 6) is 0.305. The maximum atomic E-state index is 13.9. The molecule has 2 aromatic rings. The van der Waals surface area contributed by atoms with Crippen LogP contribution in [0.3, 0.4) is 0 Å². The van der Waals surface area contributed by atoms with Gasteiger partial charge < -0.3 is 9.47 Å². The van der Waals surface area contributed by atoms with E-state index in [1.165, 1.54) is 14.2 Å². The zero-order valence-corrected chi connectivity index (χ0v) is 28.9. The van der Waals surface area contributed by atoms with Crippen molar-refractivity contribution in [2.75, 3.05) is 14.2 Å². The number of ether oxygens (including phenoxy) is 2. The zero-order chi connectivity index (χ0) is 32.4. The monoisotopic (exact) mass is 601 g/mol. The third-order valence-electron chi connectivity index (χ3n) is 7.01. The van der Waals surface area contributed by atoms with Gasteiger partial charge in [0, 0.05) is 26.8 Å². The fourth-order valence-electron chi connectivity index (χ4n) is 4.65. The molecule has 0 fully saturated rings. The van der Waals surface area contributed by atoms with Crippen LogP contribution in [-0.4, -0.2) is 26.2 Å². The fraction of sp³-hybridized carbons (Fsp3) is 0.588. The first kappa shape index (κ1) is 35.3. The quantitative estimate of drug-likeness (QED) is 0.222. The second kappa shape index (κ2) is 12.8. The number of benzene rings is 2. The van der Waals surface area contributed by atoms with Crippen LogP contribution >= 0.6 is 8.25 Å². The molecule has 7 nitrogen and oxygen atoms in total. The number of carbonyl (C=O) groups is 2. The molecule has 0 amide bonds. The molecule has 0 heterocycles. The van der Waals surface area contributed by atoms with E-state index in [-0.39, 0.29) is 46.4 Å². The normalized spacial score (nSPS) is 12.5. The number of esters is 2. The lowest BCUT2D eigenvalue weighted by Crippen LogP contribution is -2.21. The molecule has 42 heavy (non-hydrogen) atoms. The summed E-state index contributed by atoms with van der Waals surface area (Å²) in [6.07, 6.45) is 0.237. The van der Waals surface area contributed by atoms with E-state index in [0.29, 0.717) is 11.5 Å². The van der Waals surface area contributed by atoms with Crippen LogP contribution in [0.2, 0.25) is 0 Å². The molecule has 2 rings (SSSR count). The van der Waals surface area contributed by atoms with E-state index in [4.69, 9.17) is 18.5 Å². The summed E-state index contributed by atoms with van der Waals surface area (Å²) >= 11 is 0. The third-order valence-corrected chi connectivity index (χ3v) is 7.68. The van der Waals surface area contributed by atoms with Crippen LogP contribution in [0.25, 0.3) is 0 Å². The molecular weight excluding hydrogens is 551 g/mol. The number of rotatable bonds is 8. The molecule has 0 saturated carbocycles. The van der Waals surface area contributed by atoms with Crippen molar-refractivity contribution in [3.63, 3.8) is 0 Å². The minimum atomic E-state index is -2.68. The van der Waals surface area contributed by atoms with Crippen molar-refractivity contribution in [3.8, 4) is 11.5 Å². The highest BCUT2D eigenvalue weighted by Crippen LogP contribution is 2.48. The van der Waals surface area contributed by atoms with Crippen LogP contribution < -0.4 is 9.05 Å². The van der Waals surface area contributed by atoms with Gasteiger partial charge >= 0.3 is 20.2 Å². The van der Waals surface area contributed by atoms with E-state index in [0.717, 1.165) is 33.4 Å². The Bertz CT molecular complexity index is 1160. The first-order chi connectivity index (χ1) is 19.0. The Morgan fingerprint density at radius 3 is 0.976 bits per heavy atom. The van der Waals surface area contributed by atoms with Crippen LogP contribution in [-0.2, 0) is 58.1 Å². The first-order valence-corrected chi connectivity index (χ1v) is 15.4. The molecule has 232 valence electrons. The number of hydrogen-bond acceptors (Lipinski definition) is 7. The summed E-state index contributed by atoms with van der Waals surface area (Å²) < 4.78 is 36.2. The van der Waals surface area contributed by atoms with Crippen molar-refractivity contribution in [1.82, 2.24) is 0 Å². The van der Waals surface area contributed by atoms with Crippen molar-refractivity contribution in [2.24, 2.45) is 0 Å². The summed E-state index contributed by atoms with van der Waals surface area (Å²) in [7, 11) is 0.0650. The van der Waals surface area contributed by atoms with E-state index >= 15 is 0 Å². The molecule has 0 unspecified atom stereocenters. The molecule has 0 aliphatic heterocycles. The van der Waals surface area contributed by atoms with Gasteiger partial charge in [-0.15, -0.1) is 0 Å². The van der Waals surface area contributed by atoms with Crippen LogP contribution in [0.4, 0.5) is 0 Å². The fourth-order valence-corrected chi connectivity index (χ4v) is 5.38. The van der Waals surface area contributed by atoms with Gasteiger partial charge in [0.2, 0.25) is 0 Å². The van der Waals surface area contributed by atoms with Crippen LogP contribution in [0.15, 0.2) is 24.3 Å². The Kier molecular flexibility index (Phi) is 10.7. The molecule has 0 bridgehead atoms. The molecule has 0 spiro atoms. The molecular formula is C34H50O7P+. The number of methoxy groups -OCH3 is 2. The topological polar surface area (TPSA) is 88.1 Å². The number of hydrogen-bond donors (Lipinski definition) is 0. The molecule has 0 aliphatic rings. The van der Waals surface area contributed by atoms with E-state index in [1.807, 2.05) is 107 Å². The van der Waals surface area contributed by atoms with Crippen LogP contribution in [0, 0.1) is 0 Å². The summed E-state index contributed by atoms with van der Waals surface area (Å²) in [4.78, 5) is 24.3. The molecule has 2 aromatic carbocycles. The van der Waals surface area contributed by atoms with Gasteiger partial charge in [-0.05, 0) is 32.8 Å². The van der Waals surface area contributed by atoms with Crippen molar-refractivity contribution in [3.05, 3.63) is 57.6 Å². The van der Waals surface area contributed by atoms with E-state index in [2.05, 4.69) is 0 Å². The lowest BCUT2D eigenvalue weighted by molar-refractivity contribution is -0.140. The Labute approximate surface area is 253 Å². The molecule has 0 radical (unpaired) electrons. The second-order valence-corrected chi connectivity index (χ2v) is 15.8. The van der Waals surface area contributed by atoms with Gasteiger partial charge in [-0.3, -0.25) is 9.59 Å². The minimum Gasteiger partial charge on any atom is -0.469 e. The SMILES string of the molecule is COC(=O)Cc1cc(C(C)(C)C)c(O[P+](=O)Oc2c(C(C)(C)C)cc(CC(=O)OC)cc2C(C)(C)C)c(C(C)(C)C)c1. The summed E-state index contributed by atoms with van der Waals surface area (Å²) in [6.45, 7) is 24.6. The predicted octanol–water partition coefficient (Wildman–Crippen LogP) is 8.42. The van der Waals surface area contributed by atoms with Crippen LogP contribution in [0.1, 0.15) is 116 Å². The standard InChI is InChI=1S/C34H50O7P/c1-31(2,3)23-15-21(19-27(35)38-13)16-24(32(4,5)6)29(23)40-42(37)41-30-25(33(7,8)9)17-22(20-28(36)39-14)18-26(30)34(10,11)12/h15-18H,19-20H2,1-14H3/q+1. The van der Waals surface area contributed by atoms with E-state index in [9.17, 15) is 14.2 Å². The maximum Gasteiger partial charge on any atom is 0.805 e. The minimum absolute atomic E-state index is 0.118. The maximum absolute atomic E-state index is 13.9. The molecule has 0 aromatic heterocycles. The predicted molar refractivity (Wildman–Crippen MR) is 168 cm³/mol. The Morgan fingerprint density at radius 2 is 0.786 bits per heavy atom. The average molecular weight is 602 g/mol. The van der Waals surface area contributed by atoms with Gasteiger partial charge in [-0.2, -0.15) is 0 Å². The van der Waals surface area contributed by atoms with Crippen molar-refractivity contribution >= 4 is 20.2 Å². The zero-order valence-electron chi connectivity index (χ0n) is 28.0. The van der Waals surface area contributed by atoms with Gasteiger partial charge in [0.05, 0.1) is 27.1 Å². The van der Waals surface area contributed by atoms with Gasteiger partial charge in [0.15, 0.2) is 11.5 Å². The molecule has 0 saturated heterocycles. The highest BCUT2D eigenvalue weighted by Gasteiger charge is 2.39. The third kappa shape index (κ3) is 9.04. The molecule has 8 heteroatoms. The van der Waals surface area contributed by atoms with Gasteiger partial charge in [0.1, 0.15) is 0 Å². The second-order valence-electron chi connectivity index (χ2n) is 15.0. The Balaban J connectivity index is 2.74. The van der Waals surface area contributed by atoms with Gasteiger partial charge in [-0.1, -0.05) is 107 Å². The molecule has 0 aliphatic carbocycles. The van der Waals surface area contributed by atoms with Crippen molar-refractivity contribution < 1.29 is 32.7 Å². The molecule has 0 N–H and O–H groups in total. The highest BCUT2D eigenvalue weighted by molar-refractivity contribution is 7.34. The van der Waals surface area contributed by atoms with E-state index in [1.54, 1.807) is 0 Å². The lowest BCUT2D eigenvalue weighted by atomic mass is 9.78. The van der Waals surface area contributed by atoms with Crippen LogP contribution in [0.5, 0.6) is 11.5 Å². The Hall–Kier alpha value is -2.92.